The van der Waals surface area contributed by atoms with E-state index in [4.69, 9.17) is 0 Å². The van der Waals surface area contributed by atoms with E-state index >= 15 is 0 Å². The third-order valence-electron chi connectivity index (χ3n) is 4.29. The molecule has 0 aliphatic carbocycles. The Morgan fingerprint density at radius 2 is 2.00 bits per heavy atom. The average Bonchev–Trinajstić information content (AvgIpc) is 2.86. The molecule has 3 amide bonds. The summed E-state index contributed by atoms with van der Waals surface area (Å²) in [5, 5.41) is 14.4. The van der Waals surface area contributed by atoms with E-state index < -0.39 is 23.5 Å². The summed E-state index contributed by atoms with van der Waals surface area (Å²) in [6.07, 6.45) is 1.23. The fourth-order valence-corrected chi connectivity index (χ4v) is 2.53. The van der Waals surface area contributed by atoms with E-state index in [2.05, 4.69) is 10.6 Å². The highest BCUT2D eigenvalue weighted by molar-refractivity contribution is 5.86. The Kier molecular flexibility index (Phi) is 5.57. The number of rotatable bonds is 5. The molecule has 1 aliphatic heterocycles. The van der Waals surface area contributed by atoms with Crippen LogP contribution >= 0.6 is 0 Å². The van der Waals surface area contributed by atoms with Crippen LogP contribution in [0.15, 0.2) is 0 Å². The van der Waals surface area contributed by atoms with Crippen LogP contribution in [0, 0.1) is 11.3 Å². The van der Waals surface area contributed by atoms with Crippen LogP contribution in [-0.2, 0) is 9.59 Å². The van der Waals surface area contributed by atoms with Crippen molar-refractivity contribution in [2.75, 3.05) is 20.1 Å². The second kappa shape index (κ2) is 6.78. The largest absolute Gasteiger partial charge is 0.480 e. The molecule has 0 radical (unpaired) electrons. The normalized spacial score (nSPS) is 24.3. The molecule has 0 aromatic rings. The number of nitrogens with zero attached hydrogens (tertiary/aromatic N) is 1. The fourth-order valence-electron chi connectivity index (χ4n) is 2.53. The second-order valence-corrected chi connectivity index (χ2v) is 5.96. The van der Waals surface area contributed by atoms with Crippen molar-refractivity contribution < 1.29 is 19.5 Å². The molecule has 7 nitrogen and oxygen atoms in total. The molecule has 3 N–H and O–H groups in total. The summed E-state index contributed by atoms with van der Waals surface area (Å²) in [6.45, 7) is 6.22. The van der Waals surface area contributed by atoms with Crippen LogP contribution in [0.5, 0.6) is 0 Å². The van der Waals surface area contributed by atoms with Crippen molar-refractivity contribution in [1.29, 1.82) is 0 Å². The Balaban J connectivity index is 2.69. The molecule has 7 heteroatoms. The van der Waals surface area contributed by atoms with Gasteiger partial charge in [0.2, 0.25) is 5.91 Å². The number of likely N-dealkylation sites (tertiary alicyclic amines) is 1. The number of urea groups is 1. The van der Waals surface area contributed by atoms with Crippen LogP contribution < -0.4 is 10.6 Å². The van der Waals surface area contributed by atoms with Gasteiger partial charge in [-0.3, -0.25) is 4.79 Å². The number of nitrogens with one attached hydrogen (secondary N) is 2. The van der Waals surface area contributed by atoms with Gasteiger partial charge in [0.05, 0.1) is 5.41 Å². The topological polar surface area (TPSA) is 98.7 Å². The van der Waals surface area contributed by atoms with Gasteiger partial charge in [-0.1, -0.05) is 20.3 Å². The molecule has 120 valence electrons. The van der Waals surface area contributed by atoms with Gasteiger partial charge in [-0.2, -0.15) is 0 Å². The van der Waals surface area contributed by atoms with E-state index in [1.165, 1.54) is 4.90 Å². The summed E-state index contributed by atoms with van der Waals surface area (Å²) < 4.78 is 0. The number of amides is 3. The lowest BCUT2D eigenvalue weighted by atomic mass is 9.89. The standard InChI is InChI=1S/C14H25N3O4/c1-5-9(2)10(11(18)19)16-13(21)17-7-6-14(3,8-17)12(20)15-4/h9-10H,5-8H2,1-4H3,(H,15,20)(H,16,21)(H,18,19). The summed E-state index contributed by atoms with van der Waals surface area (Å²) in [4.78, 5) is 36.8. The highest BCUT2D eigenvalue weighted by atomic mass is 16.4. The monoisotopic (exact) mass is 299 g/mol. The van der Waals surface area contributed by atoms with Gasteiger partial charge in [-0.15, -0.1) is 0 Å². The Hall–Kier alpha value is -1.79. The minimum atomic E-state index is -1.04. The molecule has 0 aromatic heterocycles. The van der Waals surface area contributed by atoms with Gasteiger partial charge in [0.15, 0.2) is 0 Å². The van der Waals surface area contributed by atoms with Crippen LogP contribution in [-0.4, -0.2) is 54.1 Å². The molecule has 1 saturated heterocycles. The van der Waals surface area contributed by atoms with E-state index in [-0.39, 0.29) is 11.8 Å². The third-order valence-corrected chi connectivity index (χ3v) is 4.29. The highest BCUT2D eigenvalue weighted by Gasteiger charge is 2.42. The fraction of sp³-hybridized carbons (Fsp3) is 0.786. The summed E-state index contributed by atoms with van der Waals surface area (Å²) in [6, 6.07) is -1.33. The third kappa shape index (κ3) is 3.86. The number of hydrogen-bond acceptors (Lipinski definition) is 3. The number of carbonyl (C=O) groups is 3. The van der Waals surface area contributed by atoms with Gasteiger partial charge in [0.25, 0.3) is 0 Å². The first-order chi connectivity index (χ1) is 9.75. The van der Waals surface area contributed by atoms with Gasteiger partial charge in [0.1, 0.15) is 6.04 Å². The molecule has 1 rings (SSSR count). The first-order valence-electron chi connectivity index (χ1n) is 7.25. The predicted octanol–water partition coefficient (Wildman–Crippen LogP) is 0.653. The molecule has 1 fully saturated rings. The van der Waals surface area contributed by atoms with E-state index in [1.807, 2.05) is 13.8 Å². The first kappa shape index (κ1) is 17.3. The van der Waals surface area contributed by atoms with Crippen LogP contribution in [0.3, 0.4) is 0 Å². The number of carboxylic acid groups (broad SMARTS) is 1. The molecule has 0 spiro atoms. The predicted molar refractivity (Wildman–Crippen MR) is 77.8 cm³/mol. The molecule has 1 aliphatic rings. The Morgan fingerprint density at radius 1 is 1.38 bits per heavy atom. The molecular weight excluding hydrogens is 274 g/mol. The molecule has 0 saturated carbocycles. The molecule has 3 unspecified atom stereocenters. The zero-order valence-corrected chi connectivity index (χ0v) is 13.1. The van der Waals surface area contributed by atoms with E-state index in [0.29, 0.717) is 25.9 Å². The van der Waals surface area contributed by atoms with Crippen LogP contribution in [0.25, 0.3) is 0 Å². The second-order valence-electron chi connectivity index (χ2n) is 5.96. The maximum atomic E-state index is 12.2. The highest BCUT2D eigenvalue weighted by Crippen LogP contribution is 2.30. The van der Waals surface area contributed by atoms with Crippen molar-refractivity contribution in [3.8, 4) is 0 Å². The van der Waals surface area contributed by atoms with Crippen LogP contribution in [0.2, 0.25) is 0 Å². The lowest BCUT2D eigenvalue weighted by Gasteiger charge is -2.26. The van der Waals surface area contributed by atoms with Crippen LogP contribution in [0.4, 0.5) is 4.79 Å². The summed E-state index contributed by atoms with van der Waals surface area (Å²) in [5.41, 5.74) is -0.610. The molecule has 1 heterocycles. The van der Waals surface area contributed by atoms with Crippen molar-refractivity contribution in [2.24, 2.45) is 11.3 Å². The summed E-state index contributed by atoms with van der Waals surface area (Å²) >= 11 is 0. The molecule has 0 aromatic carbocycles. The van der Waals surface area contributed by atoms with Crippen molar-refractivity contribution in [2.45, 2.75) is 39.7 Å². The Bertz CT molecular complexity index is 426. The molecule has 0 bridgehead atoms. The minimum absolute atomic E-state index is 0.102. The van der Waals surface area contributed by atoms with Crippen molar-refractivity contribution in [3.05, 3.63) is 0 Å². The molecule has 21 heavy (non-hydrogen) atoms. The first-order valence-corrected chi connectivity index (χ1v) is 7.25. The van der Waals surface area contributed by atoms with Gasteiger partial charge < -0.3 is 20.6 Å². The number of hydrogen-bond donors (Lipinski definition) is 3. The van der Waals surface area contributed by atoms with Gasteiger partial charge in [0, 0.05) is 20.1 Å². The van der Waals surface area contributed by atoms with Crippen molar-refractivity contribution in [3.63, 3.8) is 0 Å². The van der Waals surface area contributed by atoms with Gasteiger partial charge >= 0.3 is 12.0 Å². The maximum Gasteiger partial charge on any atom is 0.326 e. The van der Waals surface area contributed by atoms with Gasteiger partial charge in [-0.05, 0) is 19.3 Å². The van der Waals surface area contributed by atoms with E-state index in [0.717, 1.165) is 0 Å². The minimum Gasteiger partial charge on any atom is -0.480 e. The number of carbonyl (C=O) groups excluding carboxylic acids is 2. The van der Waals surface area contributed by atoms with Crippen molar-refractivity contribution in [1.82, 2.24) is 15.5 Å². The molecular formula is C14H25N3O4. The van der Waals surface area contributed by atoms with Crippen LogP contribution in [0.1, 0.15) is 33.6 Å². The van der Waals surface area contributed by atoms with Crippen molar-refractivity contribution >= 4 is 17.9 Å². The smallest absolute Gasteiger partial charge is 0.326 e. The Morgan fingerprint density at radius 3 is 2.48 bits per heavy atom. The molecule has 3 atom stereocenters. The lowest BCUT2D eigenvalue weighted by molar-refractivity contribution is -0.140. The zero-order chi connectivity index (χ0) is 16.2. The zero-order valence-electron chi connectivity index (χ0n) is 13.1. The van der Waals surface area contributed by atoms with Gasteiger partial charge in [-0.25, -0.2) is 9.59 Å². The summed E-state index contributed by atoms with van der Waals surface area (Å²) in [5.74, 6) is -1.29. The van der Waals surface area contributed by atoms with E-state index in [1.54, 1.807) is 14.0 Å². The lowest BCUT2D eigenvalue weighted by Crippen LogP contribution is -2.50. The SMILES string of the molecule is CCC(C)C(NC(=O)N1CCC(C)(C(=O)NC)C1)C(=O)O. The summed E-state index contributed by atoms with van der Waals surface area (Å²) in [7, 11) is 1.57. The van der Waals surface area contributed by atoms with E-state index in [9.17, 15) is 19.5 Å². The number of aliphatic carboxylic acids is 1. The maximum absolute atomic E-state index is 12.2. The quantitative estimate of drug-likeness (QED) is 0.694. The average molecular weight is 299 g/mol. The number of carboxylic acids is 1. The Labute approximate surface area is 125 Å².